The quantitative estimate of drug-likeness (QED) is 0.0564. The van der Waals surface area contributed by atoms with Crippen LogP contribution < -0.4 is 17.0 Å². The molecule has 0 aliphatic carbocycles. The minimum Gasteiger partial charge on any atom is -1.00 e. The van der Waals surface area contributed by atoms with Gasteiger partial charge in [0.2, 0.25) is 0 Å². The average molecular weight is 584 g/mol. The van der Waals surface area contributed by atoms with Crippen molar-refractivity contribution in [1.29, 1.82) is 0 Å². The van der Waals surface area contributed by atoms with Crippen LogP contribution in [0.1, 0.15) is 155 Å². The van der Waals surface area contributed by atoms with E-state index in [-0.39, 0.29) is 17.0 Å². The molecule has 0 aromatic rings. The van der Waals surface area contributed by atoms with Crippen LogP contribution in [0.2, 0.25) is 0 Å². The average Bonchev–Trinajstić information content (AvgIpc) is 2.76. The number of alkyl halides is 1. The zero-order valence-corrected chi connectivity index (χ0v) is 25.8. The normalized spacial score (nSPS) is 11.6. The Morgan fingerprint density at radius 2 is 0.656 bits per heavy atom. The van der Waals surface area contributed by atoms with Crippen molar-refractivity contribution >= 4 is 15.9 Å². The van der Waals surface area contributed by atoms with Gasteiger partial charge in [-0.3, -0.25) is 0 Å². The fourth-order valence-electron chi connectivity index (χ4n) is 4.89. The molecule has 0 radical (unpaired) electrons. The summed E-state index contributed by atoms with van der Waals surface area (Å²) in [7, 11) is 2.55. The van der Waals surface area contributed by atoms with Gasteiger partial charge in [0.15, 0.2) is 0 Å². The lowest BCUT2D eigenvalue weighted by Gasteiger charge is -2.35. The molecule has 0 N–H and O–H groups in total. The van der Waals surface area contributed by atoms with Crippen LogP contribution in [0.3, 0.4) is 0 Å². The van der Waals surface area contributed by atoms with Crippen molar-refractivity contribution < 1.29 is 21.5 Å². The zero-order valence-electron chi connectivity index (χ0n) is 22.6. The predicted molar refractivity (Wildman–Crippen MR) is 148 cm³/mol. The molecule has 196 valence electrons. The molecule has 0 heterocycles. The van der Waals surface area contributed by atoms with Crippen LogP contribution in [-0.4, -0.2) is 36.5 Å². The molecular weight excluding hydrogens is 522 g/mol. The van der Waals surface area contributed by atoms with Crippen LogP contribution in [0, 0.1) is 0 Å². The third kappa shape index (κ3) is 25.5. The molecule has 0 saturated carbocycles. The van der Waals surface area contributed by atoms with E-state index in [9.17, 15) is 0 Å². The van der Waals surface area contributed by atoms with Gasteiger partial charge in [-0.25, -0.2) is 0 Å². The molecule has 0 aromatic carbocycles. The van der Waals surface area contributed by atoms with Gasteiger partial charge in [-0.2, -0.15) is 0 Å². The molecule has 1 nitrogen and oxygen atoms in total. The summed E-state index contributed by atoms with van der Waals surface area (Å²) in [5, 5.41) is 1.17. The lowest BCUT2D eigenvalue weighted by atomic mass is 10.1. The van der Waals surface area contributed by atoms with Gasteiger partial charge in [0.25, 0.3) is 0 Å². The number of quaternary nitrogens is 1. The van der Waals surface area contributed by atoms with Gasteiger partial charge in [-0.05, 0) is 38.5 Å². The molecule has 0 atom stereocenters. The van der Waals surface area contributed by atoms with E-state index in [1.54, 1.807) is 0 Å². The predicted octanol–water partition coefficient (Wildman–Crippen LogP) is 7.45. The molecule has 0 aliphatic heterocycles. The lowest BCUT2D eigenvalue weighted by Crippen LogP contribution is -3.00. The Kier molecular flexibility index (Phi) is 30.9. The fraction of sp³-hybridized carbons (Fsp3) is 1.00. The number of halogens is 2. The Balaban J connectivity index is 0. The summed E-state index contributed by atoms with van der Waals surface area (Å²) < 4.78 is 1.33. The van der Waals surface area contributed by atoms with Crippen LogP contribution in [0.25, 0.3) is 0 Å². The second-order valence-corrected chi connectivity index (χ2v) is 11.3. The fourth-order valence-corrected chi connectivity index (χ4v) is 5.28. The van der Waals surface area contributed by atoms with Crippen molar-refractivity contribution in [1.82, 2.24) is 0 Å². The Morgan fingerprint density at radius 1 is 0.406 bits per heavy atom. The first-order valence-electron chi connectivity index (χ1n) is 14.6. The van der Waals surface area contributed by atoms with E-state index in [1.165, 1.54) is 171 Å². The molecule has 3 heteroatoms. The molecule has 0 rings (SSSR count). The smallest absolute Gasteiger partial charge is 0.0784 e. The summed E-state index contributed by atoms with van der Waals surface area (Å²) in [5.41, 5.74) is 0. The Labute approximate surface area is 223 Å². The summed E-state index contributed by atoms with van der Waals surface area (Å²) in [6, 6.07) is 0. The second-order valence-electron chi connectivity index (χ2n) is 10.6. The standard InChI is InChI=1S/C29H61BrN.BrH/c1-4-6-8-10-12-14-16-18-20-23-27-31(3,29-25-22-26-30)28-24-21-19-17-15-13-11-9-7-5-2;/h4-29H2,1-3H3;1H/q+1;/p-1. The highest BCUT2D eigenvalue weighted by atomic mass is 79.9. The topological polar surface area (TPSA) is 0 Å². The van der Waals surface area contributed by atoms with Crippen LogP contribution in [0.4, 0.5) is 0 Å². The third-order valence-corrected chi connectivity index (χ3v) is 7.75. The van der Waals surface area contributed by atoms with Crippen molar-refractivity contribution in [2.75, 3.05) is 32.0 Å². The SMILES string of the molecule is CCCCCCCCCCCC[N+](C)(CCCCBr)CCCCCCCCCCCC.[Br-]. The van der Waals surface area contributed by atoms with Crippen LogP contribution in [0.15, 0.2) is 0 Å². The molecule has 0 unspecified atom stereocenters. The van der Waals surface area contributed by atoms with Gasteiger partial charge in [-0.15, -0.1) is 0 Å². The molecule has 32 heavy (non-hydrogen) atoms. The van der Waals surface area contributed by atoms with E-state index in [1.807, 2.05) is 0 Å². The van der Waals surface area contributed by atoms with Crippen molar-refractivity contribution in [3.8, 4) is 0 Å². The largest absolute Gasteiger partial charge is 1.00 e. The van der Waals surface area contributed by atoms with E-state index in [0.29, 0.717) is 0 Å². The molecule has 0 amide bonds. The zero-order chi connectivity index (χ0) is 22.9. The van der Waals surface area contributed by atoms with Gasteiger partial charge in [0.05, 0.1) is 26.7 Å². The number of unbranched alkanes of at least 4 members (excludes halogenated alkanes) is 19. The van der Waals surface area contributed by atoms with Crippen molar-refractivity contribution in [3.63, 3.8) is 0 Å². The molecule has 0 aromatic heterocycles. The summed E-state index contributed by atoms with van der Waals surface area (Å²) in [6.07, 6.45) is 31.7. The lowest BCUT2D eigenvalue weighted by molar-refractivity contribution is -0.910. The number of rotatable bonds is 26. The van der Waals surface area contributed by atoms with Crippen LogP contribution in [-0.2, 0) is 0 Å². The van der Waals surface area contributed by atoms with Gasteiger partial charge in [0, 0.05) is 5.33 Å². The third-order valence-electron chi connectivity index (χ3n) is 7.18. The monoisotopic (exact) mass is 581 g/mol. The minimum atomic E-state index is 0. The molecule has 0 bridgehead atoms. The van der Waals surface area contributed by atoms with E-state index < -0.39 is 0 Å². The van der Waals surface area contributed by atoms with Gasteiger partial charge >= 0.3 is 0 Å². The molecule has 0 aliphatic rings. The summed E-state index contributed by atoms with van der Waals surface area (Å²) >= 11 is 3.63. The second kappa shape index (κ2) is 28.2. The van der Waals surface area contributed by atoms with E-state index in [0.717, 1.165) is 0 Å². The van der Waals surface area contributed by atoms with Crippen molar-refractivity contribution in [3.05, 3.63) is 0 Å². The maximum absolute atomic E-state index is 3.63. The highest BCUT2D eigenvalue weighted by molar-refractivity contribution is 9.09. The minimum absolute atomic E-state index is 0. The summed E-state index contributed by atoms with van der Waals surface area (Å²) in [6.45, 7) is 8.83. The van der Waals surface area contributed by atoms with Crippen LogP contribution in [0.5, 0.6) is 0 Å². The Hall–Kier alpha value is 0.920. The molecular formula is C29H61Br2N. The van der Waals surface area contributed by atoms with Crippen molar-refractivity contribution in [2.24, 2.45) is 0 Å². The van der Waals surface area contributed by atoms with E-state index >= 15 is 0 Å². The van der Waals surface area contributed by atoms with E-state index in [2.05, 4.69) is 36.8 Å². The van der Waals surface area contributed by atoms with Crippen LogP contribution >= 0.6 is 15.9 Å². The molecule has 0 saturated heterocycles. The highest BCUT2D eigenvalue weighted by Gasteiger charge is 2.20. The first kappa shape index (κ1) is 35.1. The van der Waals surface area contributed by atoms with Crippen molar-refractivity contribution in [2.45, 2.75) is 155 Å². The Bertz CT molecular complexity index is 311. The number of nitrogens with zero attached hydrogens (tertiary/aromatic N) is 1. The maximum Gasteiger partial charge on any atom is 0.0784 e. The summed E-state index contributed by atoms with van der Waals surface area (Å²) in [4.78, 5) is 0. The number of hydrogen-bond acceptors (Lipinski definition) is 0. The van der Waals surface area contributed by atoms with E-state index in [4.69, 9.17) is 0 Å². The van der Waals surface area contributed by atoms with Gasteiger partial charge in [-0.1, -0.05) is 133 Å². The highest BCUT2D eigenvalue weighted by Crippen LogP contribution is 2.16. The van der Waals surface area contributed by atoms with Gasteiger partial charge in [0.1, 0.15) is 0 Å². The summed E-state index contributed by atoms with van der Waals surface area (Å²) in [5.74, 6) is 0. The molecule has 0 fully saturated rings. The molecule has 0 spiro atoms. The van der Waals surface area contributed by atoms with Gasteiger partial charge < -0.3 is 21.5 Å². The Morgan fingerprint density at radius 3 is 0.938 bits per heavy atom. The number of hydrogen-bond donors (Lipinski definition) is 0. The maximum atomic E-state index is 3.63. The first-order chi connectivity index (χ1) is 15.2. The first-order valence-corrected chi connectivity index (χ1v) is 15.7.